The summed E-state index contributed by atoms with van der Waals surface area (Å²) in [6, 6.07) is 15.2. The Kier molecular flexibility index (Phi) is 7.50. The summed E-state index contributed by atoms with van der Waals surface area (Å²) in [4.78, 5) is 25.3. The highest BCUT2D eigenvalue weighted by Gasteiger charge is 2.22. The lowest BCUT2D eigenvalue weighted by Crippen LogP contribution is -2.29. The molecule has 0 saturated carbocycles. The molecule has 0 bridgehead atoms. The highest BCUT2D eigenvalue weighted by molar-refractivity contribution is 6.03. The summed E-state index contributed by atoms with van der Waals surface area (Å²) in [7, 11) is 1.65. The van der Waals surface area contributed by atoms with Crippen molar-refractivity contribution < 1.29 is 14.3 Å². The highest BCUT2D eigenvalue weighted by atomic mass is 16.5. The Labute approximate surface area is 193 Å². The van der Waals surface area contributed by atoms with Crippen molar-refractivity contribution in [2.45, 2.75) is 26.3 Å². The largest absolute Gasteiger partial charge is 0.457 e. The van der Waals surface area contributed by atoms with Crippen LogP contribution in [0.4, 0.5) is 5.82 Å². The zero-order valence-electron chi connectivity index (χ0n) is 19.0. The summed E-state index contributed by atoms with van der Waals surface area (Å²) >= 11 is 0. The van der Waals surface area contributed by atoms with E-state index in [-0.39, 0.29) is 17.3 Å². The number of anilines is 1. The van der Waals surface area contributed by atoms with Crippen LogP contribution in [0.5, 0.6) is 11.5 Å². The van der Waals surface area contributed by atoms with Crippen LogP contribution < -0.4 is 16.2 Å². The molecule has 8 nitrogen and oxygen atoms in total. The first-order valence-electron chi connectivity index (χ1n) is 10.8. The van der Waals surface area contributed by atoms with Crippen molar-refractivity contribution >= 4 is 17.6 Å². The number of rotatable bonds is 10. The van der Waals surface area contributed by atoms with E-state index >= 15 is 0 Å². The van der Waals surface area contributed by atoms with Crippen molar-refractivity contribution in [2.75, 3.05) is 19.3 Å². The van der Waals surface area contributed by atoms with E-state index in [1.165, 1.54) is 15.7 Å². The third-order valence-corrected chi connectivity index (χ3v) is 5.28. The average Bonchev–Trinajstić information content (AvgIpc) is 3.15. The summed E-state index contributed by atoms with van der Waals surface area (Å²) < 4.78 is 7.55. The number of primary amides is 1. The van der Waals surface area contributed by atoms with Crippen molar-refractivity contribution in [1.29, 1.82) is 0 Å². The number of nitrogen functional groups attached to an aromatic ring is 1. The van der Waals surface area contributed by atoms with E-state index in [0.717, 1.165) is 24.2 Å². The number of likely N-dealkylation sites (N-methyl/N-ethyl adjacent to an activating group) is 1. The number of aryl methyl sites for hydroxylation is 1. The number of aromatic nitrogens is 2. The molecule has 0 spiro atoms. The lowest BCUT2D eigenvalue weighted by atomic mass is 10.1. The van der Waals surface area contributed by atoms with E-state index in [1.54, 1.807) is 7.05 Å². The van der Waals surface area contributed by atoms with E-state index < -0.39 is 5.91 Å². The third kappa shape index (κ3) is 5.41. The van der Waals surface area contributed by atoms with Crippen LogP contribution in [-0.2, 0) is 17.8 Å². The molecule has 8 heteroatoms. The van der Waals surface area contributed by atoms with E-state index in [4.69, 9.17) is 16.2 Å². The van der Waals surface area contributed by atoms with Gasteiger partial charge in [-0.25, -0.2) is 4.68 Å². The Bertz CT molecular complexity index is 1150. The van der Waals surface area contributed by atoms with E-state index in [1.807, 2.05) is 42.5 Å². The molecular formula is C25H29N5O3. The van der Waals surface area contributed by atoms with Crippen LogP contribution in [0.15, 0.2) is 61.2 Å². The maximum atomic E-state index is 12.1. The van der Waals surface area contributed by atoms with Gasteiger partial charge in [0.2, 0.25) is 5.91 Å². The monoisotopic (exact) mass is 447 g/mol. The van der Waals surface area contributed by atoms with Crippen molar-refractivity contribution in [2.24, 2.45) is 5.73 Å². The topological polar surface area (TPSA) is 116 Å². The summed E-state index contributed by atoms with van der Waals surface area (Å²) in [5.41, 5.74) is 14.1. The molecule has 0 unspecified atom stereocenters. The Balaban J connectivity index is 1.85. The fourth-order valence-corrected chi connectivity index (χ4v) is 3.49. The average molecular weight is 448 g/mol. The van der Waals surface area contributed by atoms with Crippen molar-refractivity contribution in [3.8, 4) is 22.8 Å². The highest BCUT2D eigenvalue weighted by Crippen LogP contribution is 2.31. The Morgan fingerprint density at radius 2 is 1.88 bits per heavy atom. The van der Waals surface area contributed by atoms with E-state index in [9.17, 15) is 9.59 Å². The molecule has 3 aromatic rings. The molecule has 0 saturated heterocycles. The fourth-order valence-electron chi connectivity index (χ4n) is 3.49. The summed E-state index contributed by atoms with van der Waals surface area (Å²) in [6.07, 6.45) is 3.19. The minimum absolute atomic E-state index is 0.148. The summed E-state index contributed by atoms with van der Waals surface area (Å²) in [6.45, 7) is 6.25. The molecular weight excluding hydrogens is 418 g/mol. The Morgan fingerprint density at radius 3 is 2.52 bits per heavy atom. The second-order valence-electron chi connectivity index (χ2n) is 7.64. The van der Waals surface area contributed by atoms with Crippen molar-refractivity contribution in [1.82, 2.24) is 14.7 Å². The van der Waals surface area contributed by atoms with E-state index in [2.05, 4.69) is 24.7 Å². The van der Waals surface area contributed by atoms with Crippen LogP contribution >= 0.6 is 0 Å². The zero-order valence-corrected chi connectivity index (χ0v) is 19.0. The van der Waals surface area contributed by atoms with Crippen LogP contribution in [0.2, 0.25) is 0 Å². The van der Waals surface area contributed by atoms with Crippen LogP contribution in [-0.4, -0.2) is 40.1 Å². The molecule has 1 heterocycles. The molecule has 3 rings (SSSR count). The lowest BCUT2D eigenvalue weighted by molar-refractivity contribution is -0.124. The number of hydrogen-bond donors (Lipinski definition) is 2. The Hall–Kier alpha value is -4.07. The van der Waals surface area contributed by atoms with Gasteiger partial charge in [0.25, 0.3) is 5.91 Å². The number of para-hydroxylation sites is 1. The molecule has 0 fully saturated rings. The predicted octanol–water partition coefficient (Wildman–Crippen LogP) is 3.62. The van der Waals surface area contributed by atoms with Crippen LogP contribution in [0.25, 0.3) is 11.3 Å². The van der Waals surface area contributed by atoms with Crippen molar-refractivity contribution in [3.05, 3.63) is 72.3 Å². The van der Waals surface area contributed by atoms with Gasteiger partial charge >= 0.3 is 0 Å². The smallest absolute Gasteiger partial charge is 0.254 e. The van der Waals surface area contributed by atoms with Gasteiger partial charge in [0.15, 0.2) is 0 Å². The standard InChI is InChI=1S/C25H29N5O3/c1-4-8-17-9-6-7-10-20(17)33-19-13-11-18(12-14-19)23-22(25(27)32)24(26)30(28-23)16-15-29(3)21(31)5-2/h5-7,9-14H,2,4,8,15-16,26H2,1,3H3,(H2,27,32). The quantitative estimate of drug-likeness (QED) is 0.461. The number of carbonyl (C=O) groups is 2. The molecule has 2 amide bonds. The second-order valence-corrected chi connectivity index (χ2v) is 7.64. The van der Waals surface area contributed by atoms with Crippen LogP contribution in [0.1, 0.15) is 29.3 Å². The van der Waals surface area contributed by atoms with Gasteiger partial charge in [0, 0.05) is 19.2 Å². The molecule has 33 heavy (non-hydrogen) atoms. The van der Waals surface area contributed by atoms with Gasteiger partial charge in [-0.05, 0) is 48.4 Å². The first-order valence-corrected chi connectivity index (χ1v) is 10.8. The number of nitrogens with two attached hydrogens (primary N) is 2. The van der Waals surface area contributed by atoms with Gasteiger partial charge in [-0.1, -0.05) is 38.1 Å². The zero-order chi connectivity index (χ0) is 24.0. The SMILES string of the molecule is C=CC(=O)N(C)CCn1nc(-c2ccc(Oc3ccccc3CCC)cc2)c(C(N)=O)c1N. The van der Waals surface area contributed by atoms with Gasteiger partial charge in [0.05, 0.1) is 6.54 Å². The maximum absolute atomic E-state index is 12.1. The number of hydrogen-bond acceptors (Lipinski definition) is 5. The molecule has 4 N–H and O–H groups in total. The fraction of sp³-hybridized carbons (Fsp3) is 0.240. The van der Waals surface area contributed by atoms with Crippen molar-refractivity contribution in [3.63, 3.8) is 0 Å². The maximum Gasteiger partial charge on any atom is 0.254 e. The lowest BCUT2D eigenvalue weighted by Gasteiger charge is -2.15. The number of amides is 2. The van der Waals surface area contributed by atoms with Gasteiger partial charge in [0.1, 0.15) is 28.6 Å². The number of carbonyl (C=O) groups excluding carboxylic acids is 2. The minimum atomic E-state index is -0.668. The summed E-state index contributed by atoms with van der Waals surface area (Å²) in [5, 5.41) is 4.50. The van der Waals surface area contributed by atoms with Crippen LogP contribution in [0, 0.1) is 0 Å². The molecule has 0 aliphatic rings. The summed E-state index contributed by atoms with van der Waals surface area (Å²) in [5.74, 6) is 0.757. The molecule has 2 aromatic carbocycles. The first kappa shape index (κ1) is 23.6. The molecule has 0 radical (unpaired) electrons. The number of benzene rings is 2. The molecule has 172 valence electrons. The Morgan fingerprint density at radius 1 is 1.18 bits per heavy atom. The van der Waals surface area contributed by atoms with Gasteiger partial charge in [-0.3, -0.25) is 9.59 Å². The minimum Gasteiger partial charge on any atom is -0.457 e. The molecule has 0 aliphatic heterocycles. The number of ether oxygens (including phenoxy) is 1. The number of nitrogens with zero attached hydrogens (tertiary/aromatic N) is 3. The van der Waals surface area contributed by atoms with E-state index in [0.29, 0.717) is 30.1 Å². The molecule has 0 aliphatic carbocycles. The third-order valence-electron chi connectivity index (χ3n) is 5.28. The van der Waals surface area contributed by atoms with Gasteiger partial charge in [-0.15, -0.1) is 0 Å². The molecule has 0 atom stereocenters. The predicted molar refractivity (Wildman–Crippen MR) is 129 cm³/mol. The normalized spacial score (nSPS) is 10.6. The first-order chi connectivity index (χ1) is 15.8. The van der Waals surface area contributed by atoms with Gasteiger partial charge in [-0.2, -0.15) is 5.10 Å². The van der Waals surface area contributed by atoms with Gasteiger partial charge < -0.3 is 21.1 Å². The van der Waals surface area contributed by atoms with Crippen LogP contribution in [0.3, 0.4) is 0 Å². The molecule has 1 aromatic heterocycles. The second kappa shape index (κ2) is 10.5.